The highest BCUT2D eigenvalue weighted by Gasteiger charge is 2.24. The van der Waals surface area contributed by atoms with Crippen molar-refractivity contribution in [2.45, 2.75) is 26.9 Å². The first-order chi connectivity index (χ1) is 7.50. The molecule has 0 aliphatic rings. The minimum atomic E-state index is -0.432. The van der Waals surface area contributed by atoms with E-state index in [4.69, 9.17) is 0 Å². The van der Waals surface area contributed by atoms with Gasteiger partial charge in [-0.25, -0.2) is 0 Å². The summed E-state index contributed by atoms with van der Waals surface area (Å²) in [6.07, 6.45) is -0.432. The lowest BCUT2D eigenvalue weighted by Gasteiger charge is -2.27. The first-order valence-electron chi connectivity index (χ1n) is 5.66. The molecule has 0 saturated carbocycles. The van der Waals surface area contributed by atoms with Crippen molar-refractivity contribution < 1.29 is 5.11 Å². The lowest BCUT2D eigenvalue weighted by molar-refractivity contribution is 0.0639. The SMILES string of the molecule is CC(C)(C)C(O)c1cccc2ccccc12. The van der Waals surface area contributed by atoms with Gasteiger partial charge >= 0.3 is 0 Å². The van der Waals surface area contributed by atoms with E-state index in [-0.39, 0.29) is 5.41 Å². The Morgan fingerprint density at radius 1 is 0.938 bits per heavy atom. The second-order valence-corrected chi connectivity index (χ2v) is 5.34. The third-order valence-electron chi connectivity index (χ3n) is 2.94. The molecule has 1 N–H and O–H groups in total. The van der Waals surface area contributed by atoms with Gasteiger partial charge in [0.05, 0.1) is 6.10 Å². The molecule has 0 amide bonds. The fourth-order valence-electron chi connectivity index (χ4n) is 1.96. The van der Waals surface area contributed by atoms with E-state index in [1.54, 1.807) is 0 Å². The smallest absolute Gasteiger partial charge is 0.0844 e. The molecule has 0 aromatic heterocycles. The van der Waals surface area contributed by atoms with E-state index in [1.165, 1.54) is 5.39 Å². The van der Waals surface area contributed by atoms with Gasteiger partial charge in [-0.05, 0) is 21.8 Å². The average Bonchev–Trinajstić information content (AvgIpc) is 2.26. The standard InChI is InChI=1S/C15H18O/c1-15(2,3)14(16)13-10-6-8-11-7-4-5-9-12(11)13/h4-10,14,16H,1-3H3. The largest absolute Gasteiger partial charge is 0.388 e. The van der Waals surface area contributed by atoms with Gasteiger partial charge in [0.1, 0.15) is 0 Å². The van der Waals surface area contributed by atoms with Crippen LogP contribution in [0.2, 0.25) is 0 Å². The van der Waals surface area contributed by atoms with Crippen LogP contribution in [0.4, 0.5) is 0 Å². The van der Waals surface area contributed by atoms with Gasteiger partial charge < -0.3 is 5.11 Å². The molecule has 2 rings (SSSR count). The van der Waals surface area contributed by atoms with Gasteiger partial charge in [-0.3, -0.25) is 0 Å². The third-order valence-corrected chi connectivity index (χ3v) is 2.94. The number of benzene rings is 2. The second kappa shape index (κ2) is 3.91. The van der Waals surface area contributed by atoms with Gasteiger partial charge in [-0.2, -0.15) is 0 Å². The summed E-state index contributed by atoms with van der Waals surface area (Å²) in [6, 6.07) is 14.3. The Morgan fingerprint density at radius 3 is 2.25 bits per heavy atom. The molecule has 0 aliphatic carbocycles. The summed E-state index contributed by atoms with van der Waals surface area (Å²) in [4.78, 5) is 0. The number of rotatable bonds is 1. The summed E-state index contributed by atoms with van der Waals surface area (Å²) in [7, 11) is 0. The Labute approximate surface area is 96.7 Å². The Hall–Kier alpha value is -1.34. The van der Waals surface area contributed by atoms with Crippen LogP contribution >= 0.6 is 0 Å². The fourth-order valence-corrected chi connectivity index (χ4v) is 1.96. The maximum absolute atomic E-state index is 10.4. The second-order valence-electron chi connectivity index (χ2n) is 5.34. The van der Waals surface area contributed by atoms with Gasteiger partial charge in [0.15, 0.2) is 0 Å². The highest BCUT2D eigenvalue weighted by molar-refractivity contribution is 5.86. The molecule has 0 saturated heterocycles. The molecule has 0 aliphatic heterocycles. The third kappa shape index (κ3) is 1.96. The summed E-state index contributed by atoms with van der Waals surface area (Å²) in [5.74, 6) is 0. The number of aliphatic hydroxyl groups is 1. The molecular formula is C15H18O. The van der Waals surface area contributed by atoms with E-state index >= 15 is 0 Å². The molecule has 84 valence electrons. The summed E-state index contributed by atoms with van der Waals surface area (Å²) < 4.78 is 0. The van der Waals surface area contributed by atoms with Gasteiger partial charge in [0.25, 0.3) is 0 Å². The Morgan fingerprint density at radius 2 is 1.56 bits per heavy atom. The molecule has 1 nitrogen and oxygen atoms in total. The van der Waals surface area contributed by atoms with Gasteiger partial charge in [0, 0.05) is 0 Å². The highest BCUT2D eigenvalue weighted by atomic mass is 16.3. The van der Waals surface area contributed by atoms with E-state index in [9.17, 15) is 5.11 Å². The van der Waals surface area contributed by atoms with Gasteiger partial charge in [-0.1, -0.05) is 63.2 Å². The van der Waals surface area contributed by atoms with Crippen molar-refractivity contribution in [1.82, 2.24) is 0 Å². The molecule has 0 bridgehead atoms. The number of hydrogen-bond acceptors (Lipinski definition) is 1. The minimum Gasteiger partial charge on any atom is -0.388 e. The van der Waals surface area contributed by atoms with Crippen molar-refractivity contribution in [1.29, 1.82) is 0 Å². The Balaban J connectivity index is 2.61. The van der Waals surface area contributed by atoms with Crippen molar-refractivity contribution in [3.05, 3.63) is 48.0 Å². The first kappa shape index (κ1) is 11.2. The molecule has 1 unspecified atom stereocenters. The van der Waals surface area contributed by atoms with E-state index in [0.717, 1.165) is 10.9 Å². The van der Waals surface area contributed by atoms with E-state index in [1.807, 2.05) is 24.3 Å². The summed E-state index contributed by atoms with van der Waals surface area (Å²) in [5.41, 5.74) is 0.884. The molecular weight excluding hydrogens is 196 g/mol. The molecule has 2 aromatic rings. The molecule has 1 atom stereocenters. The van der Waals surface area contributed by atoms with Gasteiger partial charge in [-0.15, -0.1) is 0 Å². The van der Waals surface area contributed by atoms with Crippen LogP contribution in [0.1, 0.15) is 32.4 Å². The van der Waals surface area contributed by atoms with Crippen molar-refractivity contribution in [2.24, 2.45) is 5.41 Å². The van der Waals surface area contributed by atoms with Crippen LogP contribution in [-0.2, 0) is 0 Å². The van der Waals surface area contributed by atoms with Crippen LogP contribution in [0, 0.1) is 5.41 Å². The van der Waals surface area contributed by atoms with Crippen molar-refractivity contribution in [3.63, 3.8) is 0 Å². The highest BCUT2D eigenvalue weighted by Crippen LogP contribution is 2.35. The minimum absolute atomic E-state index is 0.135. The van der Waals surface area contributed by atoms with E-state index in [2.05, 4.69) is 39.0 Å². The maximum atomic E-state index is 10.4. The lowest BCUT2D eigenvalue weighted by Crippen LogP contribution is -2.17. The molecule has 1 heteroatoms. The van der Waals surface area contributed by atoms with Crippen LogP contribution in [0.5, 0.6) is 0 Å². The zero-order chi connectivity index (χ0) is 11.8. The van der Waals surface area contributed by atoms with Crippen molar-refractivity contribution >= 4 is 10.8 Å². The fraction of sp³-hybridized carbons (Fsp3) is 0.333. The molecule has 0 radical (unpaired) electrons. The quantitative estimate of drug-likeness (QED) is 0.762. The summed E-state index contributed by atoms with van der Waals surface area (Å²) >= 11 is 0. The van der Waals surface area contributed by atoms with Crippen molar-refractivity contribution in [2.75, 3.05) is 0 Å². The number of aliphatic hydroxyl groups excluding tert-OH is 1. The summed E-state index contributed by atoms with van der Waals surface area (Å²) in [6.45, 7) is 6.17. The lowest BCUT2D eigenvalue weighted by atomic mass is 9.83. The zero-order valence-corrected chi connectivity index (χ0v) is 10.1. The van der Waals surface area contributed by atoms with Crippen LogP contribution in [0.15, 0.2) is 42.5 Å². The molecule has 0 fully saturated rings. The predicted octanol–water partition coefficient (Wildman–Crippen LogP) is 3.92. The average molecular weight is 214 g/mol. The zero-order valence-electron chi connectivity index (χ0n) is 10.1. The first-order valence-corrected chi connectivity index (χ1v) is 5.66. The molecule has 2 aromatic carbocycles. The monoisotopic (exact) mass is 214 g/mol. The number of fused-ring (bicyclic) bond motifs is 1. The molecule has 0 heterocycles. The normalized spacial score (nSPS) is 14.0. The van der Waals surface area contributed by atoms with Gasteiger partial charge in [0.2, 0.25) is 0 Å². The van der Waals surface area contributed by atoms with E-state index in [0.29, 0.717) is 0 Å². The molecule has 16 heavy (non-hydrogen) atoms. The maximum Gasteiger partial charge on any atom is 0.0844 e. The van der Waals surface area contributed by atoms with Crippen LogP contribution < -0.4 is 0 Å². The summed E-state index contributed by atoms with van der Waals surface area (Å²) in [5, 5.41) is 12.7. The van der Waals surface area contributed by atoms with E-state index < -0.39 is 6.10 Å². The van der Waals surface area contributed by atoms with Crippen molar-refractivity contribution in [3.8, 4) is 0 Å². The Bertz CT molecular complexity index is 489. The van der Waals surface area contributed by atoms with Crippen LogP contribution in [0.3, 0.4) is 0 Å². The Kier molecular flexibility index (Phi) is 2.73. The predicted molar refractivity (Wildman–Crippen MR) is 68.4 cm³/mol. The number of hydrogen-bond donors (Lipinski definition) is 1. The molecule has 0 spiro atoms. The van der Waals surface area contributed by atoms with Crippen LogP contribution in [-0.4, -0.2) is 5.11 Å². The van der Waals surface area contributed by atoms with Crippen LogP contribution in [0.25, 0.3) is 10.8 Å². The topological polar surface area (TPSA) is 20.2 Å².